The van der Waals surface area contributed by atoms with Crippen LogP contribution in [0.2, 0.25) is 0 Å². The Morgan fingerprint density at radius 2 is 1.57 bits per heavy atom. The molecule has 2 aromatic carbocycles. The maximum absolute atomic E-state index is 11.0. The molecule has 5 heteroatoms. The van der Waals surface area contributed by atoms with Gasteiger partial charge in [0.2, 0.25) is 0 Å². The van der Waals surface area contributed by atoms with Crippen LogP contribution in [0.1, 0.15) is 24.1 Å². The number of aliphatic hydroxyl groups is 1. The molecule has 150 valence electrons. The predicted octanol–water partition coefficient (Wildman–Crippen LogP) is 4.18. The summed E-state index contributed by atoms with van der Waals surface area (Å²) < 4.78 is 0. The highest BCUT2D eigenvalue weighted by Crippen LogP contribution is 2.32. The van der Waals surface area contributed by atoms with Gasteiger partial charge in [-0.25, -0.2) is 9.97 Å². The Hall–Kier alpha value is -3.15. The summed E-state index contributed by atoms with van der Waals surface area (Å²) in [7, 11) is 0. The maximum Gasteiger partial charge on any atom is 0.159 e. The third-order valence-electron chi connectivity index (χ3n) is 5.97. The zero-order chi connectivity index (χ0) is 20.4. The van der Waals surface area contributed by atoms with E-state index in [0.29, 0.717) is 12.8 Å². The van der Waals surface area contributed by atoms with Gasteiger partial charge in [-0.1, -0.05) is 48.5 Å². The van der Waals surface area contributed by atoms with Gasteiger partial charge in [-0.3, -0.25) is 9.88 Å². The van der Waals surface area contributed by atoms with E-state index in [0.717, 1.165) is 47.7 Å². The summed E-state index contributed by atoms with van der Waals surface area (Å²) in [6.45, 7) is 2.42. The molecule has 1 aliphatic rings. The van der Waals surface area contributed by atoms with E-state index in [4.69, 9.17) is 0 Å². The van der Waals surface area contributed by atoms with E-state index < -0.39 is 5.60 Å². The minimum Gasteiger partial charge on any atom is -0.383 e. The molecule has 3 heterocycles. The van der Waals surface area contributed by atoms with Crippen LogP contribution in [0.4, 0.5) is 0 Å². The van der Waals surface area contributed by atoms with Gasteiger partial charge in [0.25, 0.3) is 0 Å². The van der Waals surface area contributed by atoms with Gasteiger partial charge in [0.05, 0.1) is 5.69 Å². The lowest BCUT2D eigenvalue weighted by Gasteiger charge is -2.37. The second kappa shape index (κ2) is 7.94. The largest absolute Gasteiger partial charge is 0.383 e. The first kappa shape index (κ1) is 18.9. The van der Waals surface area contributed by atoms with Crippen molar-refractivity contribution < 1.29 is 5.11 Å². The van der Waals surface area contributed by atoms with Crippen LogP contribution >= 0.6 is 0 Å². The second-order valence-electron chi connectivity index (χ2n) is 7.96. The minimum atomic E-state index is -0.827. The van der Waals surface area contributed by atoms with E-state index in [1.54, 1.807) is 6.20 Å². The Labute approximate surface area is 176 Å². The minimum absolute atomic E-state index is 0.680. The number of pyridine rings is 1. The van der Waals surface area contributed by atoms with Gasteiger partial charge in [0.15, 0.2) is 5.82 Å². The molecule has 2 aromatic heterocycles. The van der Waals surface area contributed by atoms with Crippen LogP contribution < -0.4 is 0 Å². The fourth-order valence-corrected chi connectivity index (χ4v) is 4.23. The first-order valence-corrected chi connectivity index (χ1v) is 10.4. The standard InChI is InChI=1S/C25H24N4O/c30-25(23-10-3-4-13-26-23)11-14-29(15-12-25)18-19-16-27-24(28-17-19)22-9-5-7-20-6-1-2-8-21(20)22/h1-10,13,16-17,30H,11-12,14-15,18H2. The Morgan fingerprint density at radius 1 is 0.833 bits per heavy atom. The van der Waals surface area contributed by atoms with E-state index in [2.05, 4.69) is 44.1 Å². The molecule has 0 amide bonds. The summed E-state index contributed by atoms with van der Waals surface area (Å²) in [5.74, 6) is 0.749. The number of fused-ring (bicyclic) bond motifs is 1. The van der Waals surface area contributed by atoms with Crippen molar-refractivity contribution in [3.05, 3.63) is 90.5 Å². The molecular weight excluding hydrogens is 372 g/mol. The molecule has 0 bridgehead atoms. The summed E-state index contributed by atoms with van der Waals surface area (Å²) in [5.41, 5.74) is 2.08. The van der Waals surface area contributed by atoms with Crippen molar-refractivity contribution in [1.29, 1.82) is 0 Å². The monoisotopic (exact) mass is 396 g/mol. The predicted molar refractivity (Wildman–Crippen MR) is 118 cm³/mol. The Morgan fingerprint density at radius 3 is 2.33 bits per heavy atom. The number of nitrogens with zero attached hydrogens (tertiary/aromatic N) is 4. The number of benzene rings is 2. The van der Waals surface area contributed by atoms with Gasteiger partial charge in [0.1, 0.15) is 5.60 Å². The van der Waals surface area contributed by atoms with Crippen LogP contribution in [0.5, 0.6) is 0 Å². The van der Waals surface area contributed by atoms with Crippen molar-refractivity contribution in [3.8, 4) is 11.4 Å². The molecule has 0 unspecified atom stereocenters. The summed E-state index contributed by atoms with van der Waals surface area (Å²) >= 11 is 0. The first-order chi connectivity index (χ1) is 14.7. The Kier molecular flexibility index (Phi) is 4.99. The van der Waals surface area contributed by atoms with Crippen LogP contribution in [0.15, 0.2) is 79.3 Å². The summed E-state index contributed by atoms with van der Waals surface area (Å²) in [4.78, 5) is 16.0. The molecule has 1 aliphatic heterocycles. The van der Waals surface area contributed by atoms with Crippen LogP contribution in [0, 0.1) is 0 Å². The molecule has 5 rings (SSSR count). The van der Waals surface area contributed by atoms with E-state index in [-0.39, 0.29) is 0 Å². The number of aromatic nitrogens is 3. The number of likely N-dealkylation sites (tertiary alicyclic amines) is 1. The third kappa shape index (κ3) is 3.70. The quantitative estimate of drug-likeness (QED) is 0.561. The molecule has 1 fully saturated rings. The van der Waals surface area contributed by atoms with Gasteiger partial charge in [0, 0.05) is 49.4 Å². The molecule has 0 aliphatic carbocycles. The van der Waals surface area contributed by atoms with E-state index in [9.17, 15) is 5.11 Å². The average molecular weight is 396 g/mol. The lowest BCUT2D eigenvalue weighted by Crippen LogP contribution is -2.42. The van der Waals surface area contributed by atoms with Crippen LogP contribution in [0.25, 0.3) is 22.2 Å². The molecular formula is C25H24N4O. The van der Waals surface area contributed by atoms with Gasteiger partial charge in [-0.15, -0.1) is 0 Å². The van der Waals surface area contributed by atoms with Gasteiger partial charge in [-0.05, 0) is 35.7 Å². The fraction of sp³-hybridized carbons (Fsp3) is 0.240. The van der Waals surface area contributed by atoms with Crippen molar-refractivity contribution in [2.24, 2.45) is 0 Å². The fourth-order valence-electron chi connectivity index (χ4n) is 4.23. The smallest absolute Gasteiger partial charge is 0.159 e. The highest BCUT2D eigenvalue weighted by molar-refractivity contribution is 5.94. The van der Waals surface area contributed by atoms with Gasteiger partial charge < -0.3 is 5.11 Å². The number of hydrogen-bond acceptors (Lipinski definition) is 5. The SMILES string of the molecule is OC1(c2ccccn2)CCN(Cc2cnc(-c3cccc4ccccc34)nc2)CC1. The van der Waals surface area contributed by atoms with E-state index in [1.165, 1.54) is 5.39 Å². The molecule has 0 spiro atoms. The van der Waals surface area contributed by atoms with Crippen molar-refractivity contribution in [2.45, 2.75) is 25.0 Å². The molecule has 0 saturated carbocycles. The number of hydrogen-bond donors (Lipinski definition) is 1. The lowest BCUT2D eigenvalue weighted by molar-refractivity contribution is -0.0311. The third-order valence-corrected chi connectivity index (χ3v) is 5.97. The number of rotatable bonds is 4. The highest BCUT2D eigenvalue weighted by Gasteiger charge is 2.35. The molecule has 4 aromatic rings. The Bertz CT molecular complexity index is 1130. The second-order valence-corrected chi connectivity index (χ2v) is 7.96. The molecule has 5 nitrogen and oxygen atoms in total. The normalized spacial score (nSPS) is 16.6. The molecule has 1 saturated heterocycles. The molecule has 30 heavy (non-hydrogen) atoms. The molecule has 0 radical (unpaired) electrons. The summed E-state index contributed by atoms with van der Waals surface area (Å²) in [5, 5.41) is 13.3. The van der Waals surface area contributed by atoms with Crippen molar-refractivity contribution in [1.82, 2.24) is 19.9 Å². The topological polar surface area (TPSA) is 62.1 Å². The van der Waals surface area contributed by atoms with Crippen molar-refractivity contribution in [3.63, 3.8) is 0 Å². The number of piperidine rings is 1. The first-order valence-electron chi connectivity index (χ1n) is 10.4. The van der Waals surface area contributed by atoms with E-state index >= 15 is 0 Å². The summed E-state index contributed by atoms with van der Waals surface area (Å²) in [6.07, 6.45) is 6.94. The molecule has 0 atom stereocenters. The van der Waals surface area contributed by atoms with Crippen LogP contribution in [-0.2, 0) is 12.1 Å². The molecule has 1 N–H and O–H groups in total. The van der Waals surface area contributed by atoms with Crippen LogP contribution in [-0.4, -0.2) is 38.0 Å². The summed E-state index contributed by atoms with van der Waals surface area (Å²) in [6, 6.07) is 20.3. The van der Waals surface area contributed by atoms with Crippen LogP contribution in [0.3, 0.4) is 0 Å². The van der Waals surface area contributed by atoms with Crippen molar-refractivity contribution in [2.75, 3.05) is 13.1 Å². The maximum atomic E-state index is 11.0. The lowest BCUT2D eigenvalue weighted by atomic mass is 9.87. The van der Waals surface area contributed by atoms with E-state index in [1.807, 2.05) is 48.8 Å². The highest BCUT2D eigenvalue weighted by atomic mass is 16.3. The Balaban J connectivity index is 1.27. The zero-order valence-electron chi connectivity index (χ0n) is 16.8. The van der Waals surface area contributed by atoms with Gasteiger partial charge >= 0.3 is 0 Å². The van der Waals surface area contributed by atoms with Gasteiger partial charge in [-0.2, -0.15) is 0 Å². The zero-order valence-corrected chi connectivity index (χ0v) is 16.8. The average Bonchev–Trinajstić information content (AvgIpc) is 2.81. The van der Waals surface area contributed by atoms with Crippen molar-refractivity contribution >= 4 is 10.8 Å².